The van der Waals surface area contributed by atoms with Crippen molar-refractivity contribution in [2.75, 3.05) is 16.8 Å². The number of para-hydroxylation sites is 1. The lowest BCUT2D eigenvalue weighted by Crippen LogP contribution is -2.36. The van der Waals surface area contributed by atoms with Crippen molar-refractivity contribution in [1.29, 1.82) is 0 Å². The molecule has 0 unspecified atom stereocenters. The van der Waals surface area contributed by atoms with Crippen LogP contribution in [0.25, 0.3) is 0 Å². The first-order valence-electron chi connectivity index (χ1n) is 12.1. The zero-order valence-corrected chi connectivity index (χ0v) is 20.2. The van der Waals surface area contributed by atoms with E-state index in [9.17, 15) is 14.0 Å². The Balaban J connectivity index is 1.38. The molecule has 0 aliphatic heterocycles. The minimum Gasteiger partial charge on any atom is -0.455 e. The van der Waals surface area contributed by atoms with Gasteiger partial charge in [0, 0.05) is 23.1 Å². The molecule has 6 heteroatoms. The van der Waals surface area contributed by atoms with Gasteiger partial charge in [-0.15, -0.1) is 0 Å². The number of rotatable bonds is 8. The number of nitrogens with one attached hydrogen (secondary N) is 1. The Kier molecular flexibility index (Phi) is 7.49. The van der Waals surface area contributed by atoms with Gasteiger partial charge in [-0.25, -0.2) is 4.39 Å². The van der Waals surface area contributed by atoms with Crippen LogP contribution in [0.1, 0.15) is 45.1 Å². The fraction of sp³-hybridized carbons (Fsp3) is 0.310. The molecule has 1 amide bonds. The van der Waals surface area contributed by atoms with Gasteiger partial charge in [0.05, 0.1) is 5.41 Å². The molecule has 0 bridgehead atoms. The molecule has 4 rings (SSSR count). The van der Waals surface area contributed by atoms with Crippen LogP contribution in [0.2, 0.25) is 0 Å². The first-order valence-corrected chi connectivity index (χ1v) is 12.1. The van der Waals surface area contributed by atoms with Crippen LogP contribution in [-0.2, 0) is 19.7 Å². The molecular weight excluding hydrogens is 443 g/mol. The van der Waals surface area contributed by atoms with Crippen LogP contribution in [0.15, 0.2) is 78.9 Å². The first-order chi connectivity index (χ1) is 16.9. The maximum Gasteiger partial charge on any atom is 0.317 e. The minimum atomic E-state index is -0.812. The third-order valence-corrected chi connectivity index (χ3v) is 6.56. The predicted octanol–water partition coefficient (Wildman–Crippen LogP) is 6.37. The average molecular weight is 475 g/mol. The third kappa shape index (κ3) is 5.53. The number of carbonyl (C=O) groups excluding carboxylic acids is 2. The van der Waals surface area contributed by atoms with Gasteiger partial charge in [-0.1, -0.05) is 43.2 Å². The number of nitrogens with zero attached hydrogens (tertiary/aromatic N) is 1. The Hall–Kier alpha value is -3.67. The molecule has 0 heterocycles. The fourth-order valence-electron chi connectivity index (χ4n) is 4.86. The molecule has 35 heavy (non-hydrogen) atoms. The molecule has 182 valence electrons. The van der Waals surface area contributed by atoms with Gasteiger partial charge in [-0.2, -0.15) is 0 Å². The largest absolute Gasteiger partial charge is 0.455 e. The van der Waals surface area contributed by atoms with E-state index in [1.54, 1.807) is 12.1 Å². The van der Waals surface area contributed by atoms with E-state index in [4.69, 9.17) is 4.74 Å². The van der Waals surface area contributed by atoms with E-state index in [1.165, 1.54) is 12.1 Å². The van der Waals surface area contributed by atoms with E-state index < -0.39 is 17.3 Å². The van der Waals surface area contributed by atoms with Crippen LogP contribution >= 0.6 is 0 Å². The summed E-state index contributed by atoms with van der Waals surface area (Å²) in [5.41, 5.74) is 2.66. The molecule has 0 atom stereocenters. The van der Waals surface area contributed by atoms with E-state index in [1.807, 2.05) is 42.5 Å². The fourth-order valence-corrected chi connectivity index (χ4v) is 4.86. The summed E-state index contributed by atoms with van der Waals surface area (Å²) in [5, 5.41) is 2.80. The number of benzene rings is 3. The second-order valence-corrected chi connectivity index (χ2v) is 9.27. The van der Waals surface area contributed by atoms with Gasteiger partial charge < -0.3 is 15.0 Å². The molecule has 1 saturated carbocycles. The van der Waals surface area contributed by atoms with Crippen molar-refractivity contribution in [3.8, 4) is 0 Å². The summed E-state index contributed by atoms with van der Waals surface area (Å²) in [7, 11) is 0. The highest BCUT2D eigenvalue weighted by molar-refractivity contribution is 5.94. The van der Waals surface area contributed by atoms with E-state index in [0.717, 1.165) is 29.8 Å². The van der Waals surface area contributed by atoms with Crippen molar-refractivity contribution in [2.45, 2.75) is 51.0 Å². The third-order valence-electron chi connectivity index (χ3n) is 6.56. The topological polar surface area (TPSA) is 58.6 Å². The SMILES string of the molecule is CC(C)N(c1ccccc1)c1ccc(NC(=O)COC(=O)C2(c3ccc(F)cc3)CCCC2)cc1. The molecule has 1 N–H and O–H groups in total. The quantitative estimate of drug-likeness (QED) is 0.386. The molecule has 1 aliphatic rings. The number of hydrogen-bond donors (Lipinski definition) is 1. The number of ether oxygens (including phenoxy) is 1. The van der Waals surface area contributed by atoms with Gasteiger partial charge in [0.25, 0.3) is 5.91 Å². The van der Waals surface area contributed by atoms with Crippen molar-refractivity contribution >= 4 is 28.9 Å². The zero-order valence-electron chi connectivity index (χ0n) is 20.2. The molecule has 5 nitrogen and oxygen atoms in total. The Morgan fingerprint density at radius 3 is 2.11 bits per heavy atom. The normalized spacial score (nSPS) is 14.5. The van der Waals surface area contributed by atoms with Crippen molar-refractivity contribution < 1.29 is 18.7 Å². The summed E-state index contributed by atoms with van der Waals surface area (Å²) in [4.78, 5) is 27.8. The predicted molar refractivity (Wildman–Crippen MR) is 136 cm³/mol. The van der Waals surface area contributed by atoms with Crippen molar-refractivity contribution in [3.05, 3.63) is 90.2 Å². The molecule has 3 aromatic carbocycles. The lowest BCUT2D eigenvalue weighted by atomic mass is 9.79. The molecule has 0 spiro atoms. The summed E-state index contributed by atoms with van der Waals surface area (Å²) in [6.45, 7) is 3.88. The highest BCUT2D eigenvalue weighted by atomic mass is 19.1. The number of anilines is 3. The summed E-state index contributed by atoms with van der Waals surface area (Å²) < 4.78 is 18.8. The molecule has 0 aromatic heterocycles. The van der Waals surface area contributed by atoms with E-state index in [2.05, 4.69) is 36.2 Å². The summed E-state index contributed by atoms with van der Waals surface area (Å²) in [6.07, 6.45) is 3.05. The number of halogens is 1. The number of esters is 1. The molecular formula is C29H31FN2O3. The standard InChI is InChI=1S/C29H31FN2O3/c1-21(2)32(25-8-4-3-5-9-25)26-16-14-24(15-17-26)31-27(33)20-35-28(34)29(18-6-7-19-29)22-10-12-23(30)13-11-22/h3-5,8-17,21H,6-7,18-20H2,1-2H3,(H,31,33). The first kappa shape index (κ1) is 24.5. The van der Waals surface area contributed by atoms with Gasteiger partial charge in [-0.05, 0) is 80.8 Å². The highest BCUT2D eigenvalue weighted by Gasteiger charge is 2.44. The molecule has 3 aromatic rings. The van der Waals surface area contributed by atoms with Crippen LogP contribution in [-0.4, -0.2) is 24.5 Å². The number of hydrogen-bond acceptors (Lipinski definition) is 4. The van der Waals surface area contributed by atoms with Gasteiger partial charge in [0.15, 0.2) is 6.61 Å². The molecule has 1 fully saturated rings. The lowest BCUT2D eigenvalue weighted by Gasteiger charge is -2.29. The van der Waals surface area contributed by atoms with Crippen molar-refractivity contribution in [2.24, 2.45) is 0 Å². The average Bonchev–Trinajstić information content (AvgIpc) is 3.36. The number of carbonyl (C=O) groups is 2. The van der Waals surface area contributed by atoms with Gasteiger partial charge in [0.1, 0.15) is 5.82 Å². The zero-order chi connectivity index (χ0) is 24.8. The van der Waals surface area contributed by atoms with Gasteiger partial charge >= 0.3 is 5.97 Å². The van der Waals surface area contributed by atoms with E-state index in [-0.39, 0.29) is 18.5 Å². The molecule has 0 radical (unpaired) electrons. The van der Waals surface area contributed by atoms with Gasteiger partial charge in [-0.3, -0.25) is 9.59 Å². The van der Waals surface area contributed by atoms with Crippen molar-refractivity contribution in [3.63, 3.8) is 0 Å². The second-order valence-electron chi connectivity index (χ2n) is 9.27. The van der Waals surface area contributed by atoms with Crippen LogP contribution in [0.3, 0.4) is 0 Å². The van der Waals surface area contributed by atoms with E-state index >= 15 is 0 Å². The maximum absolute atomic E-state index is 13.4. The monoisotopic (exact) mass is 474 g/mol. The summed E-state index contributed by atoms with van der Waals surface area (Å²) in [5.74, 6) is -1.18. The smallest absolute Gasteiger partial charge is 0.317 e. The molecule has 1 aliphatic carbocycles. The van der Waals surface area contributed by atoms with Crippen LogP contribution in [0, 0.1) is 5.82 Å². The Morgan fingerprint density at radius 2 is 1.51 bits per heavy atom. The molecule has 0 saturated heterocycles. The Labute approximate surface area is 205 Å². The Bertz CT molecular complexity index is 1140. The van der Waals surface area contributed by atoms with Crippen LogP contribution < -0.4 is 10.2 Å². The lowest BCUT2D eigenvalue weighted by molar-refractivity contribution is -0.153. The van der Waals surface area contributed by atoms with Crippen LogP contribution in [0.5, 0.6) is 0 Å². The van der Waals surface area contributed by atoms with Gasteiger partial charge in [0.2, 0.25) is 0 Å². The summed E-state index contributed by atoms with van der Waals surface area (Å²) >= 11 is 0. The minimum absolute atomic E-state index is 0.251. The van der Waals surface area contributed by atoms with Crippen LogP contribution in [0.4, 0.5) is 21.5 Å². The number of amides is 1. The van der Waals surface area contributed by atoms with Crippen molar-refractivity contribution in [1.82, 2.24) is 0 Å². The highest BCUT2D eigenvalue weighted by Crippen LogP contribution is 2.42. The Morgan fingerprint density at radius 1 is 0.914 bits per heavy atom. The second kappa shape index (κ2) is 10.7. The summed E-state index contributed by atoms with van der Waals surface area (Å²) in [6, 6.07) is 24.0. The van der Waals surface area contributed by atoms with E-state index in [0.29, 0.717) is 18.5 Å². The maximum atomic E-state index is 13.4.